The van der Waals surface area contributed by atoms with Crippen LogP contribution in [0.15, 0.2) is 0 Å². The largest absolute Gasteiger partial charge is 0.393 e. The first-order valence-corrected chi connectivity index (χ1v) is 4.76. The SMILES string of the molecule is OC1CCNCC1C1CCC1. The van der Waals surface area contributed by atoms with Gasteiger partial charge in [-0.1, -0.05) is 19.3 Å². The van der Waals surface area contributed by atoms with Crippen molar-refractivity contribution in [3.63, 3.8) is 0 Å². The predicted molar refractivity (Wildman–Crippen MR) is 44.3 cm³/mol. The van der Waals surface area contributed by atoms with Gasteiger partial charge in [0.2, 0.25) is 0 Å². The fourth-order valence-electron chi connectivity index (χ4n) is 2.22. The van der Waals surface area contributed by atoms with Crippen LogP contribution < -0.4 is 5.32 Å². The Bertz CT molecular complexity index is 132. The summed E-state index contributed by atoms with van der Waals surface area (Å²) in [5.41, 5.74) is 0. The van der Waals surface area contributed by atoms with Crippen molar-refractivity contribution in [3.05, 3.63) is 0 Å². The van der Waals surface area contributed by atoms with E-state index in [4.69, 9.17) is 0 Å². The molecule has 0 aromatic rings. The summed E-state index contributed by atoms with van der Waals surface area (Å²) in [5, 5.41) is 13.0. The molecule has 2 atom stereocenters. The third-order valence-corrected chi connectivity index (χ3v) is 3.25. The second-order valence-electron chi connectivity index (χ2n) is 3.91. The van der Waals surface area contributed by atoms with Gasteiger partial charge in [0.05, 0.1) is 6.10 Å². The van der Waals surface area contributed by atoms with Crippen molar-refractivity contribution in [2.75, 3.05) is 13.1 Å². The van der Waals surface area contributed by atoms with Crippen molar-refractivity contribution in [1.82, 2.24) is 5.32 Å². The molecule has 1 aliphatic carbocycles. The number of aliphatic hydroxyl groups is 1. The summed E-state index contributed by atoms with van der Waals surface area (Å²) in [7, 11) is 0. The smallest absolute Gasteiger partial charge is 0.0595 e. The summed E-state index contributed by atoms with van der Waals surface area (Å²) in [5.74, 6) is 1.40. The average molecular weight is 155 g/mol. The zero-order chi connectivity index (χ0) is 7.68. The molecule has 1 saturated carbocycles. The van der Waals surface area contributed by atoms with Crippen LogP contribution in [0.25, 0.3) is 0 Å². The van der Waals surface area contributed by atoms with Gasteiger partial charge in [-0.25, -0.2) is 0 Å². The first-order chi connectivity index (χ1) is 5.38. The highest BCUT2D eigenvalue weighted by atomic mass is 16.3. The standard InChI is InChI=1S/C9H17NO/c11-9-4-5-10-6-8(9)7-2-1-3-7/h7-11H,1-6H2. The molecule has 2 N–H and O–H groups in total. The van der Waals surface area contributed by atoms with E-state index in [-0.39, 0.29) is 6.10 Å². The van der Waals surface area contributed by atoms with Crippen molar-refractivity contribution in [3.8, 4) is 0 Å². The van der Waals surface area contributed by atoms with E-state index in [0.717, 1.165) is 25.4 Å². The normalized spacial score (nSPS) is 40.1. The van der Waals surface area contributed by atoms with Gasteiger partial charge in [-0.15, -0.1) is 0 Å². The Balaban J connectivity index is 1.88. The Hall–Kier alpha value is -0.0800. The fraction of sp³-hybridized carbons (Fsp3) is 1.00. The lowest BCUT2D eigenvalue weighted by Gasteiger charge is -2.39. The highest BCUT2D eigenvalue weighted by molar-refractivity contribution is 4.86. The van der Waals surface area contributed by atoms with E-state index in [1.165, 1.54) is 19.3 Å². The Labute approximate surface area is 68.0 Å². The lowest BCUT2D eigenvalue weighted by atomic mass is 9.72. The molecule has 0 aromatic heterocycles. The van der Waals surface area contributed by atoms with Gasteiger partial charge in [0.1, 0.15) is 0 Å². The second kappa shape index (κ2) is 3.11. The molecule has 1 saturated heterocycles. The summed E-state index contributed by atoms with van der Waals surface area (Å²) in [6.07, 6.45) is 5.03. The Morgan fingerprint density at radius 2 is 2.00 bits per heavy atom. The molecule has 2 rings (SSSR count). The third-order valence-electron chi connectivity index (χ3n) is 3.25. The minimum Gasteiger partial charge on any atom is -0.393 e. The van der Waals surface area contributed by atoms with Gasteiger partial charge in [-0.3, -0.25) is 0 Å². The fourth-order valence-corrected chi connectivity index (χ4v) is 2.22. The molecule has 0 spiro atoms. The molecule has 0 aromatic carbocycles. The maximum Gasteiger partial charge on any atom is 0.0595 e. The average Bonchev–Trinajstić information content (AvgIpc) is 1.90. The van der Waals surface area contributed by atoms with Crippen molar-refractivity contribution >= 4 is 0 Å². The van der Waals surface area contributed by atoms with Crippen LogP contribution in [-0.2, 0) is 0 Å². The van der Waals surface area contributed by atoms with Gasteiger partial charge in [0.15, 0.2) is 0 Å². The highest BCUT2D eigenvalue weighted by Gasteiger charge is 2.33. The predicted octanol–water partition coefficient (Wildman–Crippen LogP) is 0.757. The molecule has 2 unspecified atom stereocenters. The Morgan fingerprint density at radius 1 is 1.18 bits per heavy atom. The van der Waals surface area contributed by atoms with Gasteiger partial charge in [-0.05, 0) is 18.9 Å². The van der Waals surface area contributed by atoms with Crippen LogP contribution >= 0.6 is 0 Å². The van der Waals surface area contributed by atoms with E-state index in [1.54, 1.807) is 0 Å². The summed E-state index contributed by atoms with van der Waals surface area (Å²) < 4.78 is 0. The molecule has 11 heavy (non-hydrogen) atoms. The van der Waals surface area contributed by atoms with E-state index < -0.39 is 0 Å². The molecular formula is C9H17NO. The first kappa shape index (κ1) is 7.56. The van der Waals surface area contributed by atoms with Crippen LogP contribution in [0.2, 0.25) is 0 Å². The lowest BCUT2D eigenvalue weighted by Crippen LogP contribution is -2.45. The Morgan fingerprint density at radius 3 is 2.55 bits per heavy atom. The third kappa shape index (κ3) is 1.42. The number of hydrogen-bond acceptors (Lipinski definition) is 2. The van der Waals surface area contributed by atoms with E-state index in [9.17, 15) is 5.11 Å². The zero-order valence-electron chi connectivity index (χ0n) is 6.92. The van der Waals surface area contributed by atoms with E-state index in [0.29, 0.717) is 5.92 Å². The summed E-state index contributed by atoms with van der Waals surface area (Å²) in [6.45, 7) is 2.05. The molecule has 1 heterocycles. The van der Waals surface area contributed by atoms with E-state index >= 15 is 0 Å². The lowest BCUT2D eigenvalue weighted by molar-refractivity contribution is 0.0217. The van der Waals surface area contributed by atoms with Crippen LogP contribution in [0.4, 0.5) is 0 Å². The number of rotatable bonds is 1. The monoisotopic (exact) mass is 155 g/mol. The van der Waals surface area contributed by atoms with Crippen LogP contribution in [-0.4, -0.2) is 24.3 Å². The van der Waals surface area contributed by atoms with Crippen molar-refractivity contribution in [2.45, 2.75) is 31.8 Å². The van der Waals surface area contributed by atoms with Crippen molar-refractivity contribution in [1.29, 1.82) is 0 Å². The maximum absolute atomic E-state index is 9.66. The highest BCUT2D eigenvalue weighted by Crippen LogP contribution is 2.36. The minimum atomic E-state index is -0.0125. The van der Waals surface area contributed by atoms with Crippen LogP contribution in [0, 0.1) is 11.8 Å². The van der Waals surface area contributed by atoms with Gasteiger partial charge < -0.3 is 10.4 Å². The molecule has 2 heteroatoms. The van der Waals surface area contributed by atoms with Gasteiger partial charge >= 0.3 is 0 Å². The molecule has 2 nitrogen and oxygen atoms in total. The number of hydrogen-bond donors (Lipinski definition) is 2. The molecule has 0 amide bonds. The molecule has 0 bridgehead atoms. The van der Waals surface area contributed by atoms with Gasteiger partial charge in [0, 0.05) is 12.5 Å². The van der Waals surface area contributed by atoms with E-state index in [1.807, 2.05) is 0 Å². The summed E-state index contributed by atoms with van der Waals surface area (Å²) in [6, 6.07) is 0. The quantitative estimate of drug-likeness (QED) is 0.586. The summed E-state index contributed by atoms with van der Waals surface area (Å²) >= 11 is 0. The van der Waals surface area contributed by atoms with Crippen molar-refractivity contribution in [2.24, 2.45) is 11.8 Å². The van der Waals surface area contributed by atoms with E-state index in [2.05, 4.69) is 5.32 Å². The molecule has 2 fully saturated rings. The topological polar surface area (TPSA) is 32.3 Å². The Kier molecular flexibility index (Phi) is 2.14. The molecule has 64 valence electrons. The molecule has 2 aliphatic rings. The van der Waals surface area contributed by atoms with Crippen LogP contribution in [0.1, 0.15) is 25.7 Å². The molecule has 1 aliphatic heterocycles. The van der Waals surface area contributed by atoms with Gasteiger partial charge in [-0.2, -0.15) is 0 Å². The zero-order valence-corrected chi connectivity index (χ0v) is 6.92. The van der Waals surface area contributed by atoms with Crippen molar-refractivity contribution < 1.29 is 5.11 Å². The molecular weight excluding hydrogens is 138 g/mol. The number of aliphatic hydroxyl groups excluding tert-OH is 1. The minimum absolute atomic E-state index is 0.0125. The second-order valence-corrected chi connectivity index (χ2v) is 3.91. The van der Waals surface area contributed by atoms with Gasteiger partial charge in [0.25, 0.3) is 0 Å². The van der Waals surface area contributed by atoms with Crippen LogP contribution in [0.3, 0.4) is 0 Å². The number of piperidine rings is 1. The molecule has 0 radical (unpaired) electrons. The summed E-state index contributed by atoms with van der Waals surface area (Å²) in [4.78, 5) is 0. The maximum atomic E-state index is 9.66. The first-order valence-electron chi connectivity index (χ1n) is 4.76. The number of nitrogens with one attached hydrogen (secondary N) is 1. The van der Waals surface area contributed by atoms with Crippen LogP contribution in [0.5, 0.6) is 0 Å².